The van der Waals surface area contributed by atoms with Gasteiger partial charge in [0, 0.05) is 11.1 Å². The number of fused-ring (bicyclic) bond motifs is 3. The normalized spacial score (nSPS) is 31.2. The molecule has 3 aliphatic rings. The number of halogens is 3. The zero-order chi connectivity index (χ0) is 18.2. The number of hydrogen-bond donors (Lipinski definition) is 3. The molecule has 1 amide bonds. The van der Waals surface area contributed by atoms with Crippen molar-refractivity contribution in [3.8, 4) is 5.75 Å². The Kier molecular flexibility index (Phi) is 4.68. The quantitative estimate of drug-likeness (QED) is 0.752. The summed E-state index contributed by atoms with van der Waals surface area (Å²) in [4.78, 5) is 12.2. The molecule has 1 aromatic carbocycles. The SMILES string of the molecule is NC12CCC(NC(=O)COc3ccc(F)c(C(F)F)c3)(CC1)C[C@@H]2O. The van der Waals surface area contributed by atoms with E-state index in [-0.39, 0.29) is 12.4 Å². The number of nitrogens with two attached hydrogens (primary N) is 1. The zero-order valence-electron chi connectivity index (χ0n) is 13.6. The summed E-state index contributed by atoms with van der Waals surface area (Å²) in [6.45, 7) is -0.375. The van der Waals surface area contributed by atoms with E-state index >= 15 is 0 Å². The minimum atomic E-state index is -2.96. The van der Waals surface area contributed by atoms with E-state index in [2.05, 4.69) is 5.32 Å². The summed E-state index contributed by atoms with van der Waals surface area (Å²) in [6.07, 6.45) is -0.616. The van der Waals surface area contributed by atoms with Crippen molar-refractivity contribution in [3.05, 3.63) is 29.6 Å². The molecule has 0 aliphatic heterocycles. The molecule has 3 saturated carbocycles. The number of rotatable bonds is 5. The highest BCUT2D eigenvalue weighted by Crippen LogP contribution is 2.45. The van der Waals surface area contributed by atoms with Gasteiger partial charge in [-0.25, -0.2) is 13.2 Å². The number of aliphatic hydroxyl groups is 1. The van der Waals surface area contributed by atoms with E-state index in [4.69, 9.17) is 10.5 Å². The molecule has 8 heteroatoms. The van der Waals surface area contributed by atoms with Gasteiger partial charge >= 0.3 is 0 Å². The monoisotopic (exact) mass is 358 g/mol. The first-order valence-electron chi connectivity index (χ1n) is 8.21. The average Bonchev–Trinajstić information content (AvgIpc) is 2.56. The first-order chi connectivity index (χ1) is 11.7. The predicted octanol–water partition coefficient (Wildman–Crippen LogP) is 2.03. The van der Waals surface area contributed by atoms with Gasteiger partial charge in [0.25, 0.3) is 12.3 Å². The Morgan fingerprint density at radius 3 is 2.64 bits per heavy atom. The summed E-state index contributed by atoms with van der Waals surface area (Å²) in [5.74, 6) is -1.44. The fourth-order valence-electron chi connectivity index (χ4n) is 3.74. The first kappa shape index (κ1) is 18.0. The average molecular weight is 358 g/mol. The number of amides is 1. The first-order valence-corrected chi connectivity index (χ1v) is 8.21. The number of nitrogens with one attached hydrogen (secondary N) is 1. The number of benzene rings is 1. The molecule has 2 bridgehead atoms. The standard InChI is InChI=1S/C17H21F3N2O3/c18-12-2-1-10(7-11(12)15(19)20)25-9-14(24)22-16-3-5-17(21,6-4-16)13(23)8-16/h1-2,7,13,15,23H,3-6,8-9,21H2,(H,22,24)/t13-,16?,17?/m0/s1. The Bertz CT molecular complexity index is 661. The second kappa shape index (κ2) is 6.49. The largest absolute Gasteiger partial charge is 0.484 e. The Morgan fingerprint density at radius 1 is 1.36 bits per heavy atom. The van der Waals surface area contributed by atoms with Crippen molar-refractivity contribution in [2.75, 3.05) is 6.61 Å². The highest BCUT2D eigenvalue weighted by molar-refractivity contribution is 5.78. The van der Waals surface area contributed by atoms with E-state index in [9.17, 15) is 23.1 Å². The summed E-state index contributed by atoms with van der Waals surface area (Å²) in [5.41, 5.74) is 4.30. The van der Waals surface area contributed by atoms with E-state index < -0.39 is 40.9 Å². The van der Waals surface area contributed by atoms with Crippen molar-refractivity contribution in [2.45, 2.75) is 55.7 Å². The molecule has 4 rings (SSSR count). The lowest BCUT2D eigenvalue weighted by atomic mass is 9.60. The smallest absolute Gasteiger partial charge is 0.266 e. The van der Waals surface area contributed by atoms with Gasteiger partial charge in [-0.2, -0.15) is 0 Å². The molecule has 0 aromatic heterocycles. The van der Waals surface area contributed by atoms with E-state index in [0.29, 0.717) is 32.1 Å². The van der Waals surface area contributed by atoms with Gasteiger partial charge in [-0.15, -0.1) is 0 Å². The third-order valence-electron chi connectivity index (χ3n) is 5.36. The van der Waals surface area contributed by atoms with Gasteiger partial charge in [-0.05, 0) is 50.3 Å². The molecule has 3 fully saturated rings. The molecule has 3 aliphatic carbocycles. The fraction of sp³-hybridized carbons (Fsp3) is 0.588. The Balaban J connectivity index is 1.58. The van der Waals surface area contributed by atoms with Gasteiger partial charge in [0.1, 0.15) is 11.6 Å². The van der Waals surface area contributed by atoms with Crippen LogP contribution in [0.25, 0.3) is 0 Å². The minimum Gasteiger partial charge on any atom is -0.484 e. The summed E-state index contributed by atoms with van der Waals surface area (Å²) < 4.78 is 43.8. The molecular weight excluding hydrogens is 337 g/mol. The minimum absolute atomic E-state index is 0.00218. The fourth-order valence-corrected chi connectivity index (χ4v) is 3.74. The van der Waals surface area contributed by atoms with Gasteiger partial charge in [0.05, 0.1) is 11.7 Å². The van der Waals surface area contributed by atoms with Crippen molar-refractivity contribution in [1.29, 1.82) is 0 Å². The lowest BCUT2D eigenvalue weighted by molar-refractivity contribution is -0.128. The molecule has 1 aromatic rings. The number of ether oxygens (including phenoxy) is 1. The molecule has 0 heterocycles. The van der Waals surface area contributed by atoms with Crippen molar-refractivity contribution in [3.63, 3.8) is 0 Å². The molecule has 138 valence electrons. The zero-order valence-corrected chi connectivity index (χ0v) is 13.6. The van der Waals surface area contributed by atoms with E-state index in [1.165, 1.54) is 6.07 Å². The molecular formula is C17H21F3N2O3. The molecule has 0 saturated heterocycles. The van der Waals surface area contributed by atoms with Crippen LogP contribution in [0.3, 0.4) is 0 Å². The second-order valence-electron chi connectivity index (χ2n) is 7.05. The number of hydrogen-bond acceptors (Lipinski definition) is 4. The van der Waals surface area contributed by atoms with E-state index in [1.54, 1.807) is 0 Å². The van der Waals surface area contributed by atoms with E-state index in [1.807, 2.05) is 0 Å². The van der Waals surface area contributed by atoms with Crippen LogP contribution < -0.4 is 15.8 Å². The highest BCUT2D eigenvalue weighted by atomic mass is 19.3. The van der Waals surface area contributed by atoms with Crippen LogP contribution in [0.5, 0.6) is 5.75 Å². The highest BCUT2D eigenvalue weighted by Gasteiger charge is 2.52. The maximum Gasteiger partial charge on any atom is 0.266 e. The number of alkyl halides is 2. The number of carbonyl (C=O) groups excluding carboxylic acids is 1. The van der Waals surface area contributed by atoms with Gasteiger partial charge < -0.3 is 20.9 Å². The Labute approximate surface area is 143 Å². The van der Waals surface area contributed by atoms with Gasteiger partial charge in [-0.1, -0.05) is 0 Å². The lowest BCUT2D eigenvalue weighted by Crippen LogP contribution is -2.68. The van der Waals surface area contributed by atoms with Crippen LogP contribution in [-0.4, -0.2) is 34.8 Å². The Morgan fingerprint density at radius 2 is 2.04 bits per heavy atom. The van der Waals surface area contributed by atoms with Crippen LogP contribution in [0.2, 0.25) is 0 Å². The molecule has 4 N–H and O–H groups in total. The summed E-state index contributed by atoms with van der Waals surface area (Å²) in [5, 5.41) is 13.0. The number of carbonyl (C=O) groups is 1. The predicted molar refractivity (Wildman–Crippen MR) is 83.7 cm³/mol. The van der Waals surface area contributed by atoms with Gasteiger partial charge in [0.2, 0.25) is 0 Å². The van der Waals surface area contributed by atoms with Crippen LogP contribution in [-0.2, 0) is 4.79 Å². The molecule has 1 atom stereocenters. The maximum absolute atomic E-state index is 13.2. The van der Waals surface area contributed by atoms with Crippen LogP contribution in [0.15, 0.2) is 18.2 Å². The Hall–Kier alpha value is -1.80. The van der Waals surface area contributed by atoms with Gasteiger partial charge in [0.15, 0.2) is 6.61 Å². The maximum atomic E-state index is 13.2. The van der Waals surface area contributed by atoms with Gasteiger partial charge in [-0.3, -0.25) is 4.79 Å². The summed E-state index contributed by atoms with van der Waals surface area (Å²) in [6, 6.07) is 2.97. The topological polar surface area (TPSA) is 84.6 Å². The number of aliphatic hydroxyl groups excluding tert-OH is 1. The molecule has 5 nitrogen and oxygen atoms in total. The molecule has 0 radical (unpaired) electrons. The molecule has 0 unspecified atom stereocenters. The van der Waals surface area contributed by atoms with Crippen molar-refractivity contribution in [1.82, 2.24) is 5.32 Å². The van der Waals surface area contributed by atoms with Crippen molar-refractivity contribution < 1.29 is 27.8 Å². The third-order valence-corrected chi connectivity index (χ3v) is 5.36. The van der Waals surface area contributed by atoms with Crippen LogP contribution in [0.1, 0.15) is 44.1 Å². The van der Waals surface area contributed by atoms with E-state index in [0.717, 1.165) is 12.1 Å². The summed E-state index contributed by atoms with van der Waals surface area (Å²) >= 11 is 0. The van der Waals surface area contributed by atoms with Crippen molar-refractivity contribution in [2.24, 2.45) is 5.73 Å². The summed E-state index contributed by atoms with van der Waals surface area (Å²) in [7, 11) is 0. The van der Waals surface area contributed by atoms with Crippen molar-refractivity contribution >= 4 is 5.91 Å². The lowest BCUT2D eigenvalue weighted by Gasteiger charge is -2.54. The third kappa shape index (κ3) is 3.59. The van der Waals surface area contributed by atoms with Crippen LogP contribution >= 0.6 is 0 Å². The second-order valence-corrected chi connectivity index (χ2v) is 7.05. The van der Waals surface area contributed by atoms with Crippen LogP contribution in [0, 0.1) is 5.82 Å². The van der Waals surface area contributed by atoms with Crippen LogP contribution in [0.4, 0.5) is 13.2 Å². The molecule has 25 heavy (non-hydrogen) atoms. The molecule has 0 spiro atoms.